The number of halogens is 1. The van der Waals surface area contributed by atoms with Gasteiger partial charge < -0.3 is 9.64 Å². The summed E-state index contributed by atoms with van der Waals surface area (Å²) in [6, 6.07) is 16.2. The van der Waals surface area contributed by atoms with Crippen molar-refractivity contribution in [3.8, 4) is 0 Å². The van der Waals surface area contributed by atoms with Crippen LogP contribution in [0.5, 0.6) is 0 Å². The predicted molar refractivity (Wildman–Crippen MR) is 79.4 cm³/mol. The Morgan fingerprint density at radius 3 is 2.43 bits per heavy atom. The van der Waals surface area contributed by atoms with Crippen LogP contribution < -0.4 is 0 Å². The van der Waals surface area contributed by atoms with Crippen molar-refractivity contribution in [3.63, 3.8) is 0 Å². The summed E-state index contributed by atoms with van der Waals surface area (Å²) in [5.41, 5.74) is 1.61. The van der Waals surface area contributed by atoms with E-state index in [1.165, 1.54) is 13.2 Å². The van der Waals surface area contributed by atoms with Crippen molar-refractivity contribution < 1.29 is 13.9 Å². The fourth-order valence-electron chi connectivity index (χ4n) is 2.12. The maximum atomic E-state index is 13.6. The molecule has 0 atom stereocenters. The van der Waals surface area contributed by atoms with E-state index in [2.05, 4.69) is 0 Å². The molecule has 0 aliphatic rings. The lowest BCUT2D eigenvalue weighted by atomic mass is 10.1. The number of ether oxygens (including phenoxy) is 1. The normalized spacial score (nSPS) is 10.2. The predicted octanol–water partition coefficient (Wildman–Crippen LogP) is 3.64. The van der Waals surface area contributed by atoms with E-state index >= 15 is 0 Å². The highest BCUT2D eigenvalue weighted by atomic mass is 19.1. The van der Waals surface area contributed by atoms with Crippen molar-refractivity contribution in [2.75, 3.05) is 13.7 Å². The van der Waals surface area contributed by atoms with Crippen LogP contribution in [0.15, 0.2) is 54.6 Å². The van der Waals surface area contributed by atoms with E-state index in [9.17, 15) is 9.18 Å². The van der Waals surface area contributed by atoms with Gasteiger partial charge in [0.1, 0.15) is 5.82 Å². The highest BCUT2D eigenvalue weighted by molar-refractivity contribution is 5.67. The average molecular weight is 287 g/mol. The second-order valence-electron chi connectivity index (χ2n) is 4.72. The van der Waals surface area contributed by atoms with Crippen molar-refractivity contribution in [3.05, 3.63) is 71.5 Å². The zero-order valence-electron chi connectivity index (χ0n) is 12.0. The summed E-state index contributed by atoms with van der Waals surface area (Å²) in [5.74, 6) is -0.248. The molecule has 0 aliphatic heterocycles. The summed E-state index contributed by atoms with van der Waals surface area (Å²) >= 11 is 0. The van der Waals surface area contributed by atoms with Crippen molar-refractivity contribution in [2.24, 2.45) is 0 Å². The first-order valence-corrected chi connectivity index (χ1v) is 6.81. The Bertz CT molecular complexity index is 586. The lowest BCUT2D eigenvalue weighted by Crippen LogP contribution is -2.32. The van der Waals surface area contributed by atoms with Crippen LogP contribution in [0.4, 0.5) is 9.18 Å². The second kappa shape index (κ2) is 7.43. The number of benzene rings is 2. The monoisotopic (exact) mass is 287 g/mol. The Balaban J connectivity index is 2.03. The van der Waals surface area contributed by atoms with Crippen LogP contribution in [0.25, 0.3) is 0 Å². The first-order chi connectivity index (χ1) is 10.2. The van der Waals surface area contributed by atoms with Crippen molar-refractivity contribution in [1.82, 2.24) is 4.90 Å². The van der Waals surface area contributed by atoms with E-state index < -0.39 is 6.09 Å². The molecule has 0 unspecified atom stereocenters. The third-order valence-corrected chi connectivity index (χ3v) is 3.26. The lowest BCUT2D eigenvalue weighted by Gasteiger charge is -2.21. The molecule has 2 aromatic rings. The summed E-state index contributed by atoms with van der Waals surface area (Å²) in [5, 5.41) is 0. The molecule has 0 fully saturated rings. The van der Waals surface area contributed by atoms with Crippen LogP contribution in [0.2, 0.25) is 0 Å². The average Bonchev–Trinajstić information content (AvgIpc) is 2.53. The minimum absolute atomic E-state index is 0.248. The molecule has 0 spiro atoms. The maximum absolute atomic E-state index is 13.6. The summed E-state index contributed by atoms with van der Waals surface area (Å²) in [7, 11) is 1.35. The van der Waals surface area contributed by atoms with Gasteiger partial charge in [-0.15, -0.1) is 0 Å². The molecule has 2 aromatic carbocycles. The molecule has 0 aromatic heterocycles. The number of methoxy groups -OCH3 is 1. The number of hydrogen-bond donors (Lipinski definition) is 0. The van der Waals surface area contributed by atoms with E-state index in [-0.39, 0.29) is 5.82 Å². The van der Waals surface area contributed by atoms with E-state index in [1.54, 1.807) is 23.1 Å². The first kappa shape index (κ1) is 15.0. The lowest BCUT2D eigenvalue weighted by molar-refractivity contribution is 0.121. The van der Waals surface area contributed by atoms with Crippen LogP contribution in [-0.2, 0) is 17.7 Å². The fraction of sp³-hybridized carbons (Fsp3) is 0.235. The van der Waals surface area contributed by atoms with E-state index in [1.807, 2.05) is 30.3 Å². The van der Waals surface area contributed by atoms with Gasteiger partial charge in [-0.05, 0) is 23.6 Å². The smallest absolute Gasteiger partial charge is 0.409 e. The minimum Gasteiger partial charge on any atom is -0.453 e. The van der Waals surface area contributed by atoms with Crippen LogP contribution >= 0.6 is 0 Å². The van der Waals surface area contributed by atoms with Crippen LogP contribution in [0, 0.1) is 5.82 Å². The summed E-state index contributed by atoms with van der Waals surface area (Å²) < 4.78 is 18.4. The third-order valence-electron chi connectivity index (χ3n) is 3.26. The molecule has 0 heterocycles. The van der Waals surface area contributed by atoms with Gasteiger partial charge in [0.05, 0.1) is 7.11 Å². The number of amides is 1. The molecule has 0 bridgehead atoms. The molecule has 4 heteroatoms. The molecule has 1 amide bonds. The van der Waals surface area contributed by atoms with E-state index in [4.69, 9.17) is 4.74 Å². The van der Waals surface area contributed by atoms with Gasteiger partial charge in [0.15, 0.2) is 0 Å². The molecular formula is C17H18FNO2. The van der Waals surface area contributed by atoms with Crippen LogP contribution in [-0.4, -0.2) is 24.6 Å². The molecule has 21 heavy (non-hydrogen) atoms. The van der Waals surface area contributed by atoms with Crippen molar-refractivity contribution in [2.45, 2.75) is 13.0 Å². The molecule has 110 valence electrons. The third kappa shape index (κ3) is 4.31. The van der Waals surface area contributed by atoms with Crippen molar-refractivity contribution >= 4 is 6.09 Å². The Labute approximate surface area is 124 Å². The molecule has 0 aliphatic carbocycles. The minimum atomic E-state index is -0.407. The van der Waals surface area contributed by atoms with Crippen LogP contribution in [0.1, 0.15) is 11.1 Å². The summed E-state index contributed by atoms with van der Waals surface area (Å²) in [6.45, 7) is 0.852. The molecule has 3 nitrogen and oxygen atoms in total. The molecule has 0 saturated carbocycles. The van der Waals surface area contributed by atoms with Gasteiger partial charge in [0.25, 0.3) is 0 Å². The second-order valence-corrected chi connectivity index (χ2v) is 4.72. The number of carbonyl (C=O) groups excluding carboxylic acids is 1. The standard InChI is InChI=1S/C17H18FNO2/c1-21-17(20)19(13-14-7-3-2-4-8-14)12-11-15-9-5-6-10-16(15)18/h2-10H,11-13H2,1H3. The van der Waals surface area contributed by atoms with Gasteiger partial charge in [-0.25, -0.2) is 9.18 Å². The molecular weight excluding hydrogens is 269 g/mol. The zero-order chi connectivity index (χ0) is 15.1. The number of nitrogens with zero attached hydrogens (tertiary/aromatic N) is 1. The molecule has 0 saturated heterocycles. The Morgan fingerprint density at radius 2 is 1.76 bits per heavy atom. The van der Waals surface area contributed by atoms with Gasteiger partial charge in [-0.2, -0.15) is 0 Å². The molecule has 0 radical (unpaired) electrons. The first-order valence-electron chi connectivity index (χ1n) is 6.81. The van der Waals surface area contributed by atoms with E-state index in [0.29, 0.717) is 25.1 Å². The SMILES string of the molecule is COC(=O)N(CCc1ccccc1F)Cc1ccccc1. The number of carbonyl (C=O) groups is 1. The number of hydrogen-bond acceptors (Lipinski definition) is 2. The highest BCUT2D eigenvalue weighted by Crippen LogP contribution is 2.11. The summed E-state index contributed by atoms with van der Waals surface area (Å²) in [4.78, 5) is 13.4. The van der Waals surface area contributed by atoms with Crippen LogP contribution in [0.3, 0.4) is 0 Å². The summed E-state index contributed by atoms with van der Waals surface area (Å²) in [6.07, 6.45) is 0.0458. The molecule has 2 rings (SSSR count). The van der Waals surface area contributed by atoms with Gasteiger partial charge in [-0.3, -0.25) is 0 Å². The molecule has 0 N–H and O–H groups in total. The zero-order valence-corrected chi connectivity index (χ0v) is 12.0. The maximum Gasteiger partial charge on any atom is 0.409 e. The number of rotatable bonds is 5. The van der Waals surface area contributed by atoms with Gasteiger partial charge in [0.2, 0.25) is 0 Å². The topological polar surface area (TPSA) is 29.5 Å². The Kier molecular flexibility index (Phi) is 5.32. The van der Waals surface area contributed by atoms with E-state index in [0.717, 1.165) is 5.56 Å². The Morgan fingerprint density at radius 1 is 1.10 bits per heavy atom. The van der Waals surface area contributed by atoms with Gasteiger partial charge in [0, 0.05) is 13.1 Å². The Hall–Kier alpha value is -2.36. The fourth-order valence-corrected chi connectivity index (χ4v) is 2.12. The van der Waals surface area contributed by atoms with Gasteiger partial charge >= 0.3 is 6.09 Å². The largest absolute Gasteiger partial charge is 0.453 e. The highest BCUT2D eigenvalue weighted by Gasteiger charge is 2.14. The van der Waals surface area contributed by atoms with Gasteiger partial charge in [-0.1, -0.05) is 48.5 Å². The van der Waals surface area contributed by atoms with Crippen molar-refractivity contribution in [1.29, 1.82) is 0 Å². The quantitative estimate of drug-likeness (QED) is 0.840.